The van der Waals surface area contributed by atoms with E-state index in [9.17, 15) is 4.55 Å². The number of fused-ring (bicyclic) bond motifs is 1. The topological polar surface area (TPSA) is 66.1 Å². The van der Waals surface area contributed by atoms with Crippen LogP contribution in [0, 0.1) is 6.92 Å². The lowest BCUT2D eigenvalue weighted by molar-refractivity contribution is 0.582. The van der Waals surface area contributed by atoms with Gasteiger partial charge in [0, 0.05) is 11.2 Å². The molecule has 5 nitrogen and oxygen atoms in total. The summed E-state index contributed by atoms with van der Waals surface area (Å²) in [5.41, 5.74) is 1.63. The molecule has 0 aliphatic carbocycles. The highest BCUT2D eigenvalue weighted by atomic mass is 32.2. The molecule has 2 rings (SSSR count). The second-order valence-electron chi connectivity index (χ2n) is 2.99. The predicted molar refractivity (Wildman–Crippen MR) is 59.6 cm³/mol. The Morgan fingerprint density at radius 3 is 2.87 bits per heavy atom. The van der Waals surface area contributed by atoms with Gasteiger partial charge in [0.15, 0.2) is 5.65 Å². The summed E-state index contributed by atoms with van der Waals surface area (Å²) in [4.78, 5) is 8.41. The lowest BCUT2D eigenvalue weighted by atomic mass is 10.6. The van der Waals surface area contributed by atoms with Gasteiger partial charge in [-0.25, -0.2) is 9.50 Å². The van der Waals surface area contributed by atoms with Crippen LogP contribution in [0.3, 0.4) is 0 Å². The van der Waals surface area contributed by atoms with Gasteiger partial charge in [-0.2, -0.15) is 4.98 Å². The van der Waals surface area contributed by atoms with Crippen molar-refractivity contribution < 1.29 is 4.55 Å². The Balaban J connectivity index is 2.74. The highest BCUT2D eigenvalue weighted by Crippen LogP contribution is 2.19. The SMILES string of the molecule is CSc1nc([S+](C)[O-])nn2c(C)cnc12. The van der Waals surface area contributed by atoms with Gasteiger partial charge in [-0.15, -0.1) is 11.8 Å². The van der Waals surface area contributed by atoms with Crippen molar-refractivity contribution in [3.63, 3.8) is 0 Å². The highest BCUT2D eigenvalue weighted by Gasteiger charge is 2.15. The van der Waals surface area contributed by atoms with Crippen LogP contribution in [0.25, 0.3) is 5.65 Å². The molecule has 1 atom stereocenters. The maximum Gasteiger partial charge on any atom is 0.361 e. The number of aromatic nitrogens is 4. The third kappa shape index (κ3) is 1.82. The van der Waals surface area contributed by atoms with Gasteiger partial charge in [0.2, 0.25) is 0 Å². The van der Waals surface area contributed by atoms with Crippen molar-refractivity contribution >= 4 is 28.6 Å². The molecule has 0 radical (unpaired) electrons. The molecule has 0 aromatic carbocycles. The molecule has 0 saturated carbocycles. The van der Waals surface area contributed by atoms with Crippen molar-refractivity contribution in [2.75, 3.05) is 12.5 Å². The Hall–Kier alpha value is -0.790. The molecule has 0 spiro atoms. The number of thioether (sulfide) groups is 1. The van der Waals surface area contributed by atoms with Crippen LogP contribution in [-0.4, -0.2) is 36.6 Å². The molecule has 2 heterocycles. The van der Waals surface area contributed by atoms with Crippen LogP contribution in [-0.2, 0) is 11.2 Å². The minimum Gasteiger partial charge on any atom is -0.609 e. The summed E-state index contributed by atoms with van der Waals surface area (Å²) >= 11 is 0.301. The zero-order chi connectivity index (χ0) is 11.0. The fourth-order valence-corrected chi connectivity index (χ4v) is 2.18. The number of hydrogen-bond acceptors (Lipinski definition) is 5. The molecule has 80 valence electrons. The van der Waals surface area contributed by atoms with Gasteiger partial charge in [0.1, 0.15) is 11.3 Å². The van der Waals surface area contributed by atoms with Crippen molar-refractivity contribution in [3.05, 3.63) is 11.9 Å². The molecule has 0 bridgehead atoms. The summed E-state index contributed by atoms with van der Waals surface area (Å²) in [6.07, 6.45) is 5.21. The van der Waals surface area contributed by atoms with Crippen LogP contribution in [0.15, 0.2) is 16.4 Å². The van der Waals surface area contributed by atoms with Crippen LogP contribution in [0.5, 0.6) is 0 Å². The smallest absolute Gasteiger partial charge is 0.361 e. The van der Waals surface area contributed by atoms with Gasteiger partial charge < -0.3 is 4.55 Å². The Morgan fingerprint density at radius 1 is 1.53 bits per heavy atom. The largest absolute Gasteiger partial charge is 0.609 e. The fourth-order valence-electron chi connectivity index (χ4n) is 1.21. The van der Waals surface area contributed by atoms with Crippen LogP contribution < -0.4 is 0 Å². The standard InChI is InChI=1S/C8H10N4OS2/c1-5-4-9-6-7(14-2)10-8(15(3)13)11-12(5)6/h4H,1-3H3. The minimum absolute atomic E-state index is 0.341. The maximum atomic E-state index is 11.3. The molecule has 0 saturated heterocycles. The van der Waals surface area contributed by atoms with E-state index < -0.39 is 11.2 Å². The fraction of sp³-hybridized carbons (Fsp3) is 0.375. The number of hydrogen-bond donors (Lipinski definition) is 0. The second-order valence-corrected chi connectivity index (χ2v) is 5.06. The molecule has 15 heavy (non-hydrogen) atoms. The monoisotopic (exact) mass is 242 g/mol. The van der Waals surface area contributed by atoms with E-state index in [0.717, 1.165) is 10.7 Å². The summed E-state index contributed by atoms with van der Waals surface area (Å²) in [5, 5.41) is 5.27. The molecule has 0 aliphatic rings. The van der Waals surface area contributed by atoms with E-state index >= 15 is 0 Å². The zero-order valence-electron chi connectivity index (χ0n) is 8.59. The molecular formula is C8H10N4OS2. The van der Waals surface area contributed by atoms with E-state index in [1.165, 1.54) is 11.8 Å². The summed E-state index contributed by atoms with van der Waals surface area (Å²) in [6, 6.07) is 0. The Bertz CT molecular complexity index is 497. The molecule has 0 aliphatic heterocycles. The van der Waals surface area contributed by atoms with Crippen molar-refractivity contribution in [1.29, 1.82) is 0 Å². The first-order chi connectivity index (χ1) is 7.13. The number of aryl methyl sites for hydroxylation is 1. The van der Waals surface area contributed by atoms with E-state index in [0.29, 0.717) is 10.8 Å². The Labute approximate surface area is 94.5 Å². The molecule has 0 N–H and O–H groups in total. The number of rotatable bonds is 2. The first kappa shape index (κ1) is 10.7. The van der Waals surface area contributed by atoms with Crippen molar-refractivity contribution in [2.45, 2.75) is 17.1 Å². The quantitative estimate of drug-likeness (QED) is 0.578. The third-order valence-corrected chi connectivity index (χ3v) is 3.28. The summed E-state index contributed by atoms with van der Waals surface area (Å²) in [6.45, 7) is 1.90. The van der Waals surface area contributed by atoms with Crippen LogP contribution >= 0.6 is 11.8 Å². The molecule has 7 heteroatoms. The lowest BCUT2D eigenvalue weighted by Gasteiger charge is -2.05. The van der Waals surface area contributed by atoms with E-state index in [1.807, 2.05) is 13.2 Å². The number of nitrogens with zero attached hydrogens (tertiary/aromatic N) is 4. The van der Waals surface area contributed by atoms with Crippen LogP contribution in [0.4, 0.5) is 0 Å². The van der Waals surface area contributed by atoms with Crippen molar-refractivity contribution in [3.8, 4) is 0 Å². The van der Waals surface area contributed by atoms with Gasteiger partial charge in [0.25, 0.3) is 0 Å². The first-order valence-electron chi connectivity index (χ1n) is 4.23. The summed E-state index contributed by atoms with van der Waals surface area (Å²) in [7, 11) is 0. The second kappa shape index (κ2) is 3.99. The highest BCUT2D eigenvalue weighted by molar-refractivity contribution is 7.98. The average Bonchev–Trinajstić information content (AvgIpc) is 2.59. The zero-order valence-corrected chi connectivity index (χ0v) is 10.2. The predicted octanol–water partition coefficient (Wildman–Crippen LogP) is 0.892. The molecule has 0 fully saturated rings. The van der Waals surface area contributed by atoms with Gasteiger partial charge in [-0.1, -0.05) is 5.10 Å². The Kier molecular flexibility index (Phi) is 2.85. The van der Waals surface area contributed by atoms with E-state index in [4.69, 9.17) is 0 Å². The lowest BCUT2D eigenvalue weighted by Crippen LogP contribution is -2.10. The normalized spacial score (nSPS) is 13.3. The van der Waals surface area contributed by atoms with Gasteiger partial charge in [-0.3, -0.25) is 0 Å². The summed E-state index contributed by atoms with van der Waals surface area (Å²) < 4.78 is 13.0. The van der Waals surface area contributed by atoms with Crippen LogP contribution in [0.1, 0.15) is 5.69 Å². The van der Waals surface area contributed by atoms with E-state index in [1.54, 1.807) is 17.0 Å². The van der Waals surface area contributed by atoms with Gasteiger partial charge >= 0.3 is 5.16 Å². The number of imidazole rings is 1. The molecule has 2 aromatic rings. The Morgan fingerprint density at radius 2 is 2.27 bits per heavy atom. The van der Waals surface area contributed by atoms with Crippen molar-refractivity contribution in [1.82, 2.24) is 19.6 Å². The molecular weight excluding hydrogens is 232 g/mol. The van der Waals surface area contributed by atoms with E-state index in [2.05, 4.69) is 15.1 Å². The molecule has 1 unspecified atom stereocenters. The van der Waals surface area contributed by atoms with Gasteiger partial charge in [-0.05, 0) is 13.2 Å². The van der Waals surface area contributed by atoms with Gasteiger partial charge in [0.05, 0.1) is 11.9 Å². The molecule has 2 aromatic heterocycles. The third-order valence-electron chi connectivity index (χ3n) is 1.93. The van der Waals surface area contributed by atoms with E-state index in [-0.39, 0.29) is 0 Å². The summed E-state index contributed by atoms with van der Waals surface area (Å²) in [5.74, 6) is 0. The minimum atomic E-state index is -1.17. The average molecular weight is 242 g/mol. The van der Waals surface area contributed by atoms with Crippen LogP contribution in [0.2, 0.25) is 0 Å². The molecule has 0 amide bonds. The first-order valence-corrected chi connectivity index (χ1v) is 7.01. The maximum absolute atomic E-state index is 11.3. The van der Waals surface area contributed by atoms with Crippen molar-refractivity contribution in [2.24, 2.45) is 0 Å².